The lowest BCUT2D eigenvalue weighted by Gasteiger charge is -2.29. The molecule has 0 aliphatic carbocycles. The fourth-order valence-electron chi connectivity index (χ4n) is 3.37. The molecule has 0 saturated carbocycles. The second kappa shape index (κ2) is 10.5. The van der Waals surface area contributed by atoms with E-state index in [-0.39, 0.29) is 0 Å². The zero-order valence-electron chi connectivity index (χ0n) is 16.0. The van der Waals surface area contributed by atoms with Crippen LogP contribution in [0.1, 0.15) is 24.4 Å². The van der Waals surface area contributed by atoms with Crippen LogP contribution in [-0.2, 0) is 0 Å². The molecule has 1 unspecified atom stereocenters. The standard InChI is InChI=1S/C21H29N5O/c1-22-21(24-12-15-27-19-10-7-11-23-16-19)25-17-20(26-13-5-6-14-26)18-8-3-2-4-9-18/h2-4,7-11,16,20H,5-6,12-15,17H2,1H3,(H2,22,24,25). The summed E-state index contributed by atoms with van der Waals surface area (Å²) in [6.07, 6.45) is 6.01. The highest BCUT2D eigenvalue weighted by Crippen LogP contribution is 2.24. The number of hydrogen-bond donors (Lipinski definition) is 2. The van der Waals surface area contributed by atoms with E-state index < -0.39 is 0 Å². The Balaban J connectivity index is 1.47. The summed E-state index contributed by atoms with van der Waals surface area (Å²) in [4.78, 5) is 10.9. The maximum atomic E-state index is 5.66. The maximum Gasteiger partial charge on any atom is 0.191 e. The van der Waals surface area contributed by atoms with Crippen molar-refractivity contribution in [2.24, 2.45) is 4.99 Å². The van der Waals surface area contributed by atoms with E-state index in [2.05, 4.69) is 55.8 Å². The van der Waals surface area contributed by atoms with Gasteiger partial charge in [0.2, 0.25) is 0 Å². The number of nitrogens with one attached hydrogen (secondary N) is 2. The Hall–Kier alpha value is -2.60. The van der Waals surface area contributed by atoms with Gasteiger partial charge >= 0.3 is 0 Å². The molecule has 0 bridgehead atoms. The minimum Gasteiger partial charge on any atom is -0.490 e. The third-order valence-electron chi connectivity index (χ3n) is 4.75. The minimum atomic E-state index is 0.360. The van der Waals surface area contributed by atoms with E-state index >= 15 is 0 Å². The molecule has 144 valence electrons. The largest absolute Gasteiger partial charge is 0.490 e. The van der Waals surface area contributed by atoms with Crippen LogP contribution in [0.4, 0.5) is 0 Å². The predicted octanol–water partition coefficient (Wildman–Crippen LogP) is 2.46. The zero-order valence-corrected chi connectivity index (χ0v) is 16.0. The molecule has 0 spiro atoms. The van der Waals surface area contributed by atoms with Crippen molar-refractivity contribution in [3.63, 3.8) is 0 Å². The van der Waals surface area contributed by atoms with Crippen LogP contribution in [0.5, 0.6) is 5.75 Å². The predicted molar refractivity (Wildman–Crippen MR) is 109 cm³/mol. The van der Waals surface area contributed by atoms with Gasteiger partial charge in [-0.1, -0.05) is 30.3 Å². The van der Waals surface area contributed by atoms with Gasteiger partial charge in [-0.25, -0.2) is 0 Å². The van der Waals surface area contributed by atoms with Crippen molar-refractivity contribution in [3.8, 4) is 5.75 Å². The van der Waals surface area contributed by atoms with Gasteiger partial charge in [-0.05, 0) is 43.6 Å². The third-order valence-corrected chi connectivity index (χ3v) is 4.75. The number of aromatic nitrogens is 1. The summed E-state index contributed by atoms with van der Waals surface area (Å²) >= 11 is 0. The van der Waals surface area contributed by atoms with Crippen LogP contribution < -0.4 is 15.4 Å². The lowest BCUT2D eigenvalue weighted by molar-refractivity contribution is 0.245. The van der Waals surface area contributed by atoms with Crippen LogP contribution in [0, 0.1) is 0 Å². The molecule has 1 aromatic carbocycles. The molecule has 2 aromatic rings. The molecule has 6 heteroatoms. The summed E-state index contributed by atoms with van der Waals surface area (Å²) in [6, 6.07) is 14.8. The van der Waals surface area contributed by atoms with Crippen molar-refractivity contribution in [1.29, 1.82) is 0 Å². The summed E-state index contributed by atoms with van der Waals surface area (Å²) in [5.41, 5.74) is 1.35. The first kappa shape index (κ1) is 19.2. The number of guanidine groups is 1. The van der Waals surface area contributed by atoms with E-state index in [1.165, 1.54) is 18.4 Å². The average molecular weight is 367 g/mol. The van der Waals surface area contributed by atoms with E-state index in [1.807, 2.05) is 12.1 Å². The first-order valence-corrected chi connectivity index (χ1v) is 9.63. The van der Waals surface area contributed by atoms with E-state index in [1.54, 1.807) is 19.4 Å². The molecule has 3 rings (SSSR count). The van der Waals surface area contributed by atoms with Crippen molar-refractivity contribution >= 4 is 5.96 Å². The number of rotatable bonds is 8. The summed E-state index contributed by atoms with van der Waals surface area (Å²) < 4.78 is 5.66. The van der Waals surface area contributed by atoms with Gasteiger partial charge in [0.15, 0.2) is 5.96 Å². The molecule has 2 N–H and O–H groups in total. The van der Waals surface area contributed by atoms with Crippen LogP contribution in [0.15, 0.2) is 59.9 Å². The second-order valence-corrected chi connectivity index (χ2v) is 6.59. The van der Waals surface area contributed by atoms with Gasteiger partial charge < -0.3 is 15.4 Å². The summed E-state index contributed by atoms with van der Waals surface area (Å²) in [5.74, 6) is 1.57. The van der Waals surface area contributed by atoms with Crippen molar-refractivity contribution in [1.82, 2.24) is 20.5 Å². The molecular formula is C21H29N5O. The molecule has 1 aliphatic rings. The Morgan fingerprint density at radius 1 is 1.15 bits per heavy atom. The number of pyridine rings is 1. The van der Waals surface area contributed by atoms with Crippen LogP contribution in [0.25, 0.3) is 0 Å². The Labute approximate surface area is 161 Å². The molecule has 27 heavy (non-hydrogen) atoms. The van der Waals surface area contributed by atoms with Gasteiger partial charge in [-0.2, -0.15) is 0 Å². The third kappa shape index (κ3) is 5.96. The van der Waals surface area contributed by atoms with Crippen molar-refractivity contribution < 1.29 is 4.74 Å². The van der Waals surface area contributed by atoms with Crippen molar-refractivity contribution in [2.45, 2.75) is 18.9 Å². The summed E-state index contributed by atoms with van der Waals surface area (Å²) in [7, 11) is 1.80. The van der Waals surface area contributed by atoms with Gasteiger partial charge in [-0.15, -0.1) is 0 Å². The molecule has 1 fully saturated rings. The van der Waals surface area contributed by atoms with E-state index in [0.29, 0.717) is 19.2 Å². The molecule has 6 nitrogen and oxygen atoms in total. The molecule has 1 aromatic heterocycles. The summed E-state index contributed by atoms with van der Waals surface area (Å²) in [6.45, 7) is 4.38. The number of ether oxygens (including phenoxy) is 1. The Morgan fingerprint density at radius 3 is 2.67 bits per heavy atom. The zero-order chi connectivity index (χ0) is 18.7. The Kier molecular flexibility index (Phi) is 7.47. The van der Waals surface area contributed by atoms with Gasteiger partial charge in [0.25, 0.3) is 0 Å². The maximum absolute atomic E-state index is 5.66. The van der Waals surface area contributed by atoms with Crippen LogP contribution >= 0.6 is 0 Å². The van der Waals surface area contributed by atoms with Gasteiger partial charge in [0, 0.05) is 19.8 Å². The average Bonchev–Trinajstić information content (AvgIpc) is 3.26. The lowest BCUT2D eigenvalue weighted by Crippen LogP contribution is -2.43. The molecule has 1 atom stereocenters. The Bertz CT molecular complexity index is 686. The fourth-order valence-corrected chi connectivity index (χ4v) is 3.37. The number of hydrogen-bond acceptors (Lipinski definition) is 4. The van der Waals surface area contributed by atoms with Crippen LogP contribution in [0.3, 0.4) is 0 Å². The number of nitrogens with zero attached hydrogens (tertiary/aromatic N) is 3. The topological polar surface area (TPSA) is 61.8 Å². The summed E-state index contributed by atoms with van der Waals surface area (Å²) in [5, 5.41) is 6.78. The minimum absolute atomic E-state index is 0.360. The first-order valence-electron chi connectivity index (χ1n) is 9.63. The highest BCUT2D eigenvalue weighted by Gasteiger charge is 2.23. The SMILES string of the molecule is CN=C(NCCOc1cccnc1)NCC(c1ccccc1)N1CCCC1. The Morgan fingerprint density at radius 2 is 1.96 bits per heavy atom. The first-order chi connectivity index (χ1) is 13.4. The van der Waals surface area contributed by atoms with Gasteiger partial charge in [0.05, 0.1) is 18.8 Å². The number of benzene rings is 1. The van der Waals surface area contributed by atoms with E-state index in [0.717, 1.165) is 31.3 Å². The molecule has 0 radical (unpaired) electrons. The molecule has 2 heterocycles. The lowest BCUT2D eigenvalue weighted by atomic mass is 10.1. The highest BCUT2D eigenvalue weighted by molar-refractivity contribution is 5.79. The van der Waals surface area contributed by atoms with E-state index in [4.69, 9.17) is 4.74 Å². The highest BCUT2D eigenvalue weighted by atomic mass is 16.5. The quantitative estimate of drug-likeness (QED) is 0.426. The smallest absolute Gasteiger partial charge is 0.191 e. The second-order valence-electron chi connectivity index (χ2n) is 6.59. The van der Waals surface area contributed by atoms with Crippen LogP contribution in [0.2, 0.25) is 0 Å². The van der Waals surface area contributed by atoms with Gasteiger partial charge in [-0.3, -0.25) is 14.9 Å². The van der Waals surface area contributed by atoms with Gasteiger partial charge in [0.1, 0.15) is 12.4 Å². The molecule has 1 aliphatic heterocycles. The molecule has 1 saturated heterocycles. The van der Waals surface area contributed by atoms with Crippen molar-refractivity contribution in [3.05, 3.63) is 60.4 Å². The molecule has 0 amide bonds. The molecular weight excluding hydrogens is 338 g/mol. The normalized spacial score (nSPS) is 16.1. The monoisotopic (exact) mass is 367 g/mol. The fraction of sp³-hybridized carbons (Fsp3) is 0.429. The van der Waals surface area contributed by atoms with E-state index in [9.17, 15) is 0 Å². The van der Waals surface area contributed by atoms with Crippen LogP contribution in [-0.4, -0.2) is 55.7 Å². The number of aliphatic imine (C=N–C) groups is 1. The number of likely N-dealkylation sites (tertiary alicyclic amines) is 1. The van der Waals surface area contributed by atoms with Crippen molar-refractivity contribution in [2.75, 3.05) is 39.8 Å².